The van der Waals surface area contributed by atoms with Crippen LogP contribution in [0.1, 0.15) is 51.9 Å². The maximum absolute atomic E-state index is 12.9. The van der Waals surface area contributed by atoms with Crippen LogP contribution in [0.25, 0.3) is 0 Å². The summed E-state index contributed by atoms with van der Waals surface area (Å²) in [4.78, 5) is 14.9. The lowest BCUT2D eigenvalue weighted by Gasteiger charge is -2.15. The monoisotopic (exact) mass is 425 g/mol. The number of likely N-dealkylation sites (tertiary alicyclic amines) is 1. The number of aromatic nitrogens is 4. The molecule has 156 valence electrons. The number of aromatic amines is 2. The number of nitrogens with zero attached hydrogens (tertiary/aromatic N) is 3. The van der Waals surface area contributed by atoms with E-state index in [0.29, 0.717) is 23.9 Å². The first-order valence-electron chi connectivity index (χ1n) is 10.5. The summed E-state index contributed by atoms with van der Waals surface area (Å²) in [7, 11) is 0. The van der Waals surface area contributed by atoms with Crippen molar-refractivity contribution < 1.29 is 9.53 Å². The molecule has 30 heavy (non-hydrogen) atoms. The second-order valence-corrected chi connectivity index (χ2v) is 8.43. The van der Waals surface area contributed by atoms with Gasteiger partial charge in [0.1, 0.15) is 5.75 Å². The minimum Gasteiger partial charge on any atom is -0.493 e. The van der Waals surface area contributed by atoms with Crippen LogP contribution in [0, 0.1) is 0 Å². The van der Waals surface area contributed by atoms with Crippen LogP contribution < -0.4 is 4.74 Å². The molecule has 1 saturated heterocycles. The molecule has 1 aliphatic heterocycles. The Labute approximate surface area is 179 Å². The molecule has 5 rings (SSSR count). The molecule has 7 nitrogen and oxygen atoms in total. The molecule has 1 atom stereocenters. The lowest BCUT2D eigenvalue weighted by atomic mass is 10.0. The van der Waals surface area contributed by atoms with Gasteiger partial charge in [-0.2, -0.15) is 10.2 Å². The second kappa shape index (κ2) is 8.14. The Hall–Kier alpha value is -2.80. The van der Waals surface area contributed by atoms with E-state index in [4.69, 9.17) is 16.3 Å². The number of hydrogen-bond acceptors (Lipinski definition) is 4. The smallest absolute Gasteiger partial charge is 0.274 e. The number of nitrogens with one attached hydrogen (secondary N) is 2. The third-order valence-corrected chi connectivity index (χ3v) is 6.26. The lowest BCUT2D eigenvalue weighted by molar-refractivity contribution is 0.0783. The Morgan fingerprint density at radius 3 is 2.93 bits per heavy atom. The molecular weight excluding hydrogens is 402 g/mol. The summed E-state index contributed by atoms with van der Waals surface area (Å²) in [6.45, 7) is 1.99. The van der Waals surface area contributed by atoms with E-state index >= 15 is 0 Å². The molecule has 0 bridgehead atoms. The third-order valence-electron chi connectivity index (χ3n) is 6.01. The Bertz CT molecular complexity index is 1040. The number of H-pyrrole nitrogens is 2. The molecule has 3 heterocycles. The van der Waals surface area contributed by atoms with Gasteiger partial charge in [0.05, 0.1) is 12.3 Å². The average molecular weight is 426 g/mol. The van der Waals surface area contributed by atoms with Crippen LogP contribution in [0.4, 0.5) is 0 Å². The summed E-state index contributed by atoms with van der Waals surface area (Å²) in [6.07, 6.45) is 4.71. The van der Waals surface area contributed by atoms with Gasteiger partial charge in [-0.15, -0.1) is 0 Å². The van der Waals surface area contributed by atoms with E-state index in [-0.39, 0.29) is 11.8 Å². The summed E-state index contributed by atoms with van der Waals surface area (Å²) in [5, 5.41) is 15.6. The zero-order chi connectivity index (χ0) is 20.5. The van der Waals surface area contributed by atoms with Crippen molar-refractivity contribution in [1.82, 2.24) is 25.3 Å². The highest BCUT2D eigenvalue weighted by Crippen LogP contribution is 2.29. The van der Waals surface area contributed by atoms with E-state index in [0.717, 1.165) is 67.0 Å². The fraction of sp³-hybridized carbons (Fsp3) is 0.409. The SMILES string of the molecule is O=C(c1n[nH]c2c1CCC2)N1CCC(c2cc(CCOc3ccc(Cl)cc3)[nH]n2)C1. The summed E-state index contributed by atoms with van der Waals surface area (Å²) in [5.41, 5.74) is 4.91. The summed E-state index contributed by atoms with van der Waals surface area (Å²) < 4.78 is 5.76. The van der Waals surface area contributed by atoms with Crippen molar-refractivity contribution in [3.8, 4) is 5.75 Å². The number of amides is 1. The molecule has 2 aromatic heterocycles. The summed E-state index contributed by atoms with van der Waals surface area (Å²) >= 11 is 5.89. The quantitative estimate of drug-likeness (QED) is 0.632. The van der Waals surface area contributed by atoms with Gasteiger partial charge in [0, 0.05) is 47.4 Å². The summed E-state index contributed by atoms with van der Waals surface area (Å²) in [5.74, 6) is 1.10. The standard InChI is InChI=1S/C22H24ClN5O2/c23-15-4-6-17(7-5-15)30-11-9-16-12-20(26-24-16)14-8-10-28(13-14)22(29)21-18-2-1-3-19(18)25-27-21/h4-7,12,14H,1-3,8-11,13H2,(H,24,26)(H,25,27). The predicted octanol–water partition coefficient (Wildman–Crippen LogP) is 3.53. The van der Waals surface area contributed by atoms with Crippen molar-refractivity contribution in [3.63, 3.8) is 0 Å². The number of carbonyl (C=O) groups excluding carboxylic acids is 1. The Kier molecular flexibility index (Phi) is 5.21. The molecule has 8 heteroatoms. The van der Waals surface area contributed by atoms with E-state index < -0.39 is 0 Å². The highest BCUT2D eigenvalue weighted by molar-refractivity contribution is 6.30. The van der Waals surface area contributed by atoms with Crippen LogP contribution in [-0.4, -0.2) is 50.9 Å². The van der Waals surface area contributed by atoms with Crippen molar-refractivity contribution in [2.45, 2.75) is 38.0 Å². The van der Waals surface area contributed by atoms with Gasteiger partial charge < -0.3 is 9.64 Å². The van der Waals surface area contributed by atoms with Gasteiger partial charge in [-0.25, -0.2) is 0 Å². The molecule has 1 amide bonds. The number of fused-ring (bicyclic) bond motifs is 1. The molecular formula is C22H24ClN5O2. The van der Waals surface area contributed by atoms with E-state index in [9.17, 15) is 4.79 Å². The van der Waals surface area contributed by atoms with Gasteiger partial charge in [0.2, 0.25) is 0 Å². The fourth-order valence-electron chi connectivity index (χ4n) is 4.36. The van der Waals surface area contributed by atoms with E-state index in [1.165, 1.54) is 0 Å². The van der Waals surface area contributed by atoms with Crippen molar-refractivity contribution in [3.05, 3.63) is 63.7 Å². The molecule has 1 fully saturated rings. The van der Waals surface area contributed by atoms with Crippen LogP contribution in [0.5, 0.6) is 5.75 Å². The molecule has 1 unspecified atom stereocenters. The van der Waals surface area contributed by atoms with Gasteiger partial charge in [0.25, 0.3) is 5.91 Å². The number of aryl methyl sites for hydroxylation is 1. The topological polar surface area (TPSA) is 86.9 Å². The number of hydrogen-bond donors (Lipinski definition) is 2. The molecule has 2 N–H and O–H groups in total. The Morgan fingerprint density at radius 1 is 1.20 bits per heavy atom. The molecule has 1 aromatic carbocycles. The molecule has 3 aromatic rings. The van der Waals surface area contributed by atoms with Crippen molar-refractivity contribution in [1.29, 1.82) is 0 Å². The predicted molar refractivity (Wildman–Crippen MR) is 113 cm³/mol. The number of halogens is 1. The van der Waals surface area contributed by atoms with Gasteiger partial charge in [-0.3, -0.25) is 15.0 Å². The fourth-order valence-corrected chi connectivity index (χ4v) is 4.48. The Balaban J connectivity index is 1.16. The van der Waals surface area contributed by atoms with Gasteiger partial charge in [0.15, 0.2) is 5.69 Å². The van der Waals surface area contributed by atoms with Crippen molar-refractivity contribution in [2.75, 3.05) is 19.7 Å². The van der Waals surface area contributed by atoms with Crippen LogP contribution in [0.2, 0.25) is 5.02 Å². The Morgan fingerprint density at radius 2 is 2.07 bits per heavy atom. The zero-order valence-electron chi connectivity index (χ0n) is 16.7. The highest BCUT2D eigenvalue weighted by Gasteiger charge is 2.33. The maximum Gasteiger partial charge on any atom is 0.274 e. The third kappa shape index (κ3) is 3.81. The maximum atomic E-state index is 12.9. The molecule has 0 saturated carbocycles. The second-order valence-electron chi connectivity index (χ2n) is 7.99. The lowest BCUT2D eigenvalue weighted by Crippen LogP contribution is -2.29. The number of ether oxygens (including phenoxy) is 1. The van der Waals surface area contributed by atoms with Gasteiger partial charge >= 0.3 is 0 Å². The van der Waals surface area contributed by atoms with Crippen LogP contribution in [0.3, 0.4) is 0 Å². The van der Waals surface area contributed by atoms with Gasteiger partial charge in [-0.1, -0.05) is 11.6 Å². The normalized spacial score (nSPS) is 18.0. The van der Waals surface area contributed by atoms with Crippen LogP contribution >= 0.6 is 11.6 Å². The van der Waals surface area contributed by atoms with Gasteiger partial charge in [-0.05, 0) is 56.0 Å². The largest absolute Gasteiger partial charge is 0.493 e. The number of carbonyl (C=O) groups is 1. The first-order valence-corrected chi connectivity index (χ1v) is 10.8. The van der Waals surface area contributed by atoms with Crippen molar-refractivity contribution >= 4 is 17.5 Å². The van der Waals surface area contributed by atoms with E-state index in [2.05, 4.69) is 26.5 Å². The van der Waals surface area contributed by atoms with Crippen LogP contribution in [0.15, 0.2) is 30.3 Å². The zero-order valence-corrected chi connectivity index (χ0v) is 17.4. The van der Waals surface area contributed by atoms with E-state index in [1.54, 1.807) is 0 Å². The first-order chi connectivity index (χ1) is 14.7. The summed E-state index contributed by atoms with van der Waals surface area (Å²) in [6, 6.07) is 9.44. The average Bonchev–Trinajstić information content (AvgIpc) is 3.52. The van der Waals surface area contributed by atoms with Crippen LogP contribution in [-0.2, 0) is 19.3 Å². The molecule has 2 aliphatic rings. The van der Waals surface area contributed by atoms with E-state index in [1.807, 2.05) is 29.2 Å². The van der Waals surface area contributed by atoms with Crippen molar-refractivity contribution in [2.24, 2.45) is 0 Å². The molecule has 1 aliphatic carbocycles. The first kappa shape index (κ1) is 19.2. The molecule has 0 spiro atoms. The number of benzene rings is 1. The minimum atomic E-state index is 0.0454. The number of rotatable bonds is 6. The molecule has 0 radical (unpaired) electrons. The highest BCUT2D eigenvalue weighted by atomic mass is 35.5. The minimum absolute atomic E-state index is 0.0454.